The normalized spacial score (nSPS) is 31.1. The lowest BCUT2D eigenvalue weighted by atomic mass is 9.87. The molecule has 2 fully saturated rings. The van der Waals surface area contributed by atoms with Crippen LogP contribution in [0.3, 0.4) is 0 Å². The lowest BCUT2D eigenvalue weighted by Gasteiger charge is -2.38. The molecule has 1 aromatic heterocycles. The van der Waals surface area contributed by atoms with Gasteiger partial charge in [-0.3, -0.25) is 9.59 Å². The number of benzene rings is 1. The van der Waals surface area contributed by atoms with Crippen molar-refractivity contribution < 1.29 is 23.8 Å². The molecular weight excluding hydrogens is 394 g/mol. The SMILES string of the molecule is CC(=O)O[C@@H]1CC[C@@H](OC(C)=O)C2C3OC3C1n1c(=O)n(-c3ccccc3)c(=O)n12. The maximum atomic E-state index is 13.4. The Morgan fingerprint density at radius 3 is 1.77 bits per heavy atom. The van der Waals surface area contributed by atoms with Gasteiger partial charge >= 0.3 is 23.3 Å². The molecule has 6 atom stereocenters. The second kappa shape index (κ2) is 6.69. The summed E-state index contributed by atoms with van der Waals surface area (Å²) in [6, 6.07) is 7.35. The number of fused-ring (bicyclic) bond motifs is 3. The first-order valence-electron chi connectivity index (χ1n) is 9.90. The van der Waals surface area contributed by atoms with E-state index in [1.165, 1.54) is 23.2 Å². The zero-order chi connectivity index (χ0) is 21.2. The molecule has 4 aliphatic rings. The van der Waals surface area contributed by atoms with Gasteiger partial charge in [0.15, 0.2) is 0 Å². The van der Waals surface area contributed by atoms with E-state index in [4.69, 9.17) is 14.2 Å². The predicted octanol–water partition coefficient (Wildman–Crippen LogP) is 0.321. The highest BCUT2D eigenvalue weighted by atomic mass is 16.6. The van der Waals surface area contributed by atoms with Crippen molar-refractivity contribution in [3.63, 3.8) is 0 Å². The second-order valence-corrected chi connectivity index (χ2v) is 7.84. The Morgan fingerprint density at radius 2 is 1.33 bits per heavy atom. The molecule has 0 radical (unpaired) electrons. The number of para-hydroxylation sites is 1. The van der Waals surface area contributed by atoms with Gasteiger partial charge in [-0.1, -0.05) is 18.2 Å². The second-order valence-electron chi connectivity index (χ2n) is 7.84. The van der Waals surface area contributed by atoms with E-state index in [0.717, 1.165) is 4.57 Å². The molecule has 2 aromatic rings. The molecule has 4 unspecified atom stereocenters. The van der Waals surface area contributed by atoms with Crippen molar-refractivity contribution >= 4 is 11.9 Å². The number of carbonyl (C=O) groups is 2. The minimum Gasteiger partial charge on any atom is -0.460 e. The van der Waals surface area contributed by atoms with Crippen molar-refractivity contribution in [1.82, 2.24) is 13.9 Å². The summed E-state index contributed by atoms with van der Waals surface area (Å²) in [5, 5.41) is 0. The van der Waals surface area contributed by atoms with Crippen molar-refractivity contribution in [2.24, 2.45) is 0 Å². The van der Waals surface area contributed by atoms with Crippen molar-refractivity contribution in [2.45, 2.75) is 63.2 Å². The maximum Gasteiger partial charge on any atom is 0.352 e. The van der Waals surface area contributed by atoms with Crippen LogP contribution >= 0.6 is 0 Å². The molecule has 4 heterocycles. The Bertz CT molecular complexity index is 1060. The Hall–Kier alpha value is -3.14. The summed E-state index contributed by atoms with van der Waals surface area (Å²) in [5.41, 5.74) is -0.659. The fraction of sp³-hybridized carbons (Fsp3) is 0.500. The fourth-order valence-corrected chi connectivity index (χ4v) is 4.87. The monoisotopic (exact) mass is 415 g/mol. The van der Waals surface area contributed by atoms with Gasteiger partial charge in [0, 0.05) is 13.8 Å². The molecule has 10 heteroatoms. The van der Waals surface area contributed by atoms with Crippen LogP contribution in [0.15, 0.2) is 39.9 Å². The van der Waals surface area contributed by atoms with Crippen LogP contribution in [0.1, 0.15) is 38.8 Å². The summed E-state index contributed by atoms with van der Waals surface area (Å²) < 4.78 is 20.6. The third kappa shape index (κ3) is 2.74. The Kier molecular flexibility index (Phi) is 4.21. The van der Waals surface area contributed by atoms with Crippen LogP contribution in [0, 0.1) is 0 Å². The van der Waals surface area contributed by atoms with Crippen LogP contribution in [0.4, 0.5) is 0 Å². The molecule has 0 spiro atoms. The highest BCUT2D eigenvalue weighted by molar-refractivity contribution is 5.66. The van der Waals surface area contributed by atoms with Crippen LogP contribution in [0.5, 0.6) is 0 Å². The number of epoxide rings is 1. The van der Waals surface area contributed by atoms with Gasteiger partial charge in [-0.25, -0.2) is 23.5 Å². The number of carbonyl (C=O) groups excluding carboxylic acids is 2. The van der Waals surface area contributed by atoms with Gasteiger partial charge in [0.25, 0.3) is 0 Å². The zero-order valence-electron chi connectivity index (χ0n) is 16.5. The number of hydrogen-bond acceptors (Lipinski definition) is 7. The van der Waals surface area contributed by atoms with E-state index in [-0.39, 0.29) is 0 Å². The number of esters is 2. The van der Waals surface area contributed by atoms with Crippen LogP contribution in [-0.4, -0.2) is 50.3 Å². The molecule has 6 rings (SSSR count). The van der Waals surface area contributed by atoms with Crippen LogP contribution in [0.2, 0.25) is 0 Å². The third-order valence-corrected chi connectivity index (χ3v) is 5.95. The molecule has 0 amide bonds. The average Bonchev–Trinajstić information content (AvgIpc) is 3.42. The predicted molar refractivity (Wildman–Crippen MR) is 101 cm³/mol. The Balaban J connectivity index is 1.74. The maximum absolute atomic E-state index is 13.4. The van der Waals surface area contributed by atoms with E-state index in [9.17, 15) is 19.2 Å². The lowest BCUT2D eigenvalue weighted by Crippen LogP contribution is -2.53. The van der Waals surface area contributed by atoms with Crippen molar-refractivity contribution in [3.05, 3.63) is 51.3 Å². The molecule has 1 saturated heterocycles. The zero-order valence-corrected chi connectivity index (χ0v) is 16.5. The number of ether oxygens (including phenoxy) is 3. The van der Waals surface area contributed by atoms with Gasteiger partial charge in [-0.15, -0.1) is 0 Å². The smallest absolute Gasteiger partial charge is 0.352 e. The molecule has 2 bridgehead atoms. The molecule has 3 aliphatic heterocycles. The van der Waals surface area contributed by atoms with Gasteiger partial charge in [0.1, 0.15) is 36.5 Å². The van der Waals surface area contributed by atoms with E-state index in [2.05, 4.69) is 0 Å². The number of aromatic nitrogens is 3. The van der Waals surface area contributed by atoms with Crippen molar-refractivity contribution in [2.75, 3.05) is 0 Å². The number of nitrogens with zero attached hydrogens (tertiary/aromatic N) is 3. The van der Waals surface area contributed by atoms with Gasteiger partial charge in [-0.2, -0.15) is 0 Å². The van der Waals surface area contributed by atoms with Gasteiger partial charge in [0.05, 0.1) is 5.69 Å². The summed E-state index contributed by atoms with van der Waals surface area (Å²) in [6.07, 6.45) is -1.42. The molecular formula is C20H21N3O7. The van der Waals surface area contributed by atoms with Crippen molar-refractivity contribution in [1.29, 1.82) is 0 Å². The highest BCUT2D eigenvalue weighted by Gasteiger charge is 2.63. The number of rotatable bonds is 3. The summed E-state index contributed by atoms with van der Waals surface area (Å²) >= 11 is 0. The van der Waals surface area contributed by atoms with E-state index < -0.39 is 59.8 Å². The van der Waals surface area contributed by atoms with Crippen LogP contribution in [-0.2, 0) is 23.8 Å². The molecule has 1 aromatic carbocycles. The molecule has 158 valence electrons. The van der Waals surface area contributed by atoms with Crippen LogP contribution < -0.4 is 11.4 Å². The first-order valence-corrected chi connectivity index (χ1v) is 9.90. The standard InChI is InChI=1S/C20H21N3O7/c1-10(24)28-13-8-9-14(29-11(2)25)16-18-17(30-18)15(13)22-19(26)21(20(27)23(16)22)12-6-4-3-5-7-12/h3-7,13-18H,8-9H2,1-2H3/t13-,14-,15?,16?,17?,18?/m1/s1. The minimum atomic E-state index is -0.688. The van der Waals surface area contributed by atoms with E-state index >= 15 is 0 Å². The summed E-state index contributed by atoms with van der Waals surface area (Å²) in [7, 11) is 0. The lowest BCUT2D eigenvalue weighted by molar-refractivity contribution is -0.158. The largest absolute Gasteiger partial charge is 0.460 e. The van der Waals surface area contributed by atoms with E-state index in [1.54, 1.807) is 30.3 Å². The van der Waals surface area contributed by atoms with Crippen molar-refractivity contribution in [3.8, 4) is 5.69 Å². The summed E-state index contributed by atoms with van der Waals surface area (Å²) in [5.74, 6) is -0.984. The quantitative estimate of drug-likeness (QED) is 0.524. The third-order valence-electron chi connectivity index (χ3n) is 5.95. The molecule has 1 aliphatic carbocycles. The van der Waals surface area contributed by atoms with Gasteiger partial charge < -0.3 is 14.2 Å². The topological polar surface area (TPSA) is 114 Å². The van der Waals surface area contributed by atoms with E-state index in [1.807, 2.05) is 0 Å². The molecule has 0 N–H and O–H groups in total. The Morgan fingerprint density at radius 1 is 0.867 bits per heavy atom. The fourth-order valence-electron chi connectivity index (χ4n) is 4.87. The van der Waals surface area contributed by atoms with Gasteiger partial charge in [-0.05, 0) is 25.0 Å². The minimum absolute atomic E-state index is 0.377. The first-order chi connectivity index (χ1) is 14.4. The summed E-state index contributed by atoms with van der Waals surface area (Å²) in [4.78, 5) is 50.3. The molecule has 10 nitrogen and oxygen atoms in total. The summed E-state index contributed by atoms with van der Waals surface area (Å²) in [6.45, 7) is 2.59. The van der Waals surface area contributed by atoms with E-state index in [0.29, 0.717) is 18.5 Å². The molecule has 1 saturated carbocycles. The number of hydrogen-bond donors (Lipinski definition) is 0. The molecule has 30 heavy (non-hydrogen) atoms. The first kappa shape index (κ1) is 18.9. The van der Waals surface area contributed by atoms with Gasteiger partial charge in [0.2, 0.25) is 0 Å². The average molecular weight is 415 g/mol. The van der Waals surface area contributed by atoms with Crippen LogP contribution in [0.25, 0.3) is 5.69 Å². The Labute approximate surface area is 170 Å². The highest BCUT2D eigenvalue weighted by Crippen LogP contribution is 2.50.